The Bertz CT molecular complexity index is 516. The minimum Gasteiger partial charge on any atom is -0.493 e. The molecular formula is C16H28N4O. The molecule has 0 aromatic carbocycles. The van der Waals surface area contributed by atoms with Crippen LogP contribution in [-0.2, 0) is 6.54 Å². The molecule has 0 amide bonds. The largest absolute Gasteiger partial charge is 0.493 e. The molecule has 1 aliphatic rings. The van der Waals surface area contributed by atoms with Crippen molar-refractivity contribution in [2.24, 2.45) is 11.1 Å². The van der Waals surface area contributed by atoms with E-state index in [0.29, 0.717) is 0 Å². The van der Waals surface area contributed by atoms with Gasteiger partial charge in [0.1, 0.15) is 5.69 Å². The summed E-state index contributed by atoms with van der Waals surface area (Å²) in [5.74, 6) is 0.838. The van der Waals surface area contributed by atoms with Crippen LogP contribution in [0.4, 0.5) is 0 Å². The molecule has 0 radical (unpaired) electrons. The van der Waals surface area contributed by atoms with Crippen LogP contribution in [0.15, 0.2) is 12.3 Å². The van der Waals surface area contributed by atoms with Crippen molar-refractivity contribution < 1.29 is 4.74 Å². The molecule has 118 valence electrons. The van der Waals surface area contributed by atoms with Crippen LogP contribution >= 0.6 is 0 Å². The second-order valence-electron chi connectivity index (χ2n) is 6.99. The summed E-state index contributed by atoms with van der Waals surface area (Å²) in [6.07, 6.45) is 6.01. The number of hydrogen-bond acceptors (Lipinski definition) is 4. The van der Waals surface area contributed by atoms with Gasteiger partial charge in [0.15, 0.2) is 5.75 Å². The van der Waals surface area contributed by atoms with Crippen molar-refractivity contribution in [3.63, 3.8) is 0 Å². The van der Waals surface area contributed by atoms with Crippen LogP contribution < -0.4 is 10.5 Å². The average molecular weight is 292 g/mol. The van der Waals surface area contributed by atoms with Crippen molar-refractivity contribution in [2.45, 2.75) is 39.3 Å². The monoisotopic (exact) mass is 292 g/mol. The molecule has 5 nitrogen and oxygen atoms in total. The molecule has 0 aliphatic heterocycles. The van der Waals surface area contributed by atoms with E-state index >= 15 is 0 Å². The van der Waals surface area contributed by atoms with Gasteiger partial charge in [-0.25, -0.2) is 0 Å². The Morgan fingerprint density at radius 3 is 2.76 bits per heavy atom. The fourth-order valence-corrected chi connectivity index (χ4v) is 3.07. The SMILES string of the molecule is COc1cnn(CCN(C)C)c1C1=CC(N)CC(C)(C)C1. The van der Waals surface area contributed by atoms with Crippen LogP contribution in [-0.4, -0.2) is 48.5 Å². The normalized spacial score (nSPS) is 21.5. The number of rotatable bonds is 5. The minimum atomic E-state index is 0.102. The summed E-state index contributed by atoms with van der Waals surface area (Å²) in [5.41, 5.74) is 8.77. The second kappa shape index (κ2) is 6.20. The predicted molar refractivity (Wildman–Crippen MR) is 86.3 cm³/mol. The number of hydrogen-bond donors (Lipinski definition) is 1. The van der Waals surface area contributed by atoms with Crippen molar-refractivity contribution in [3.05, 3.63) is 18.0 Å². The van der Waals surface area contributed by atoms with Gasteiger partial charge in [-0.2, -0.15) is 5.10 Å². The first-order valence-electron chi connectivity index (χ1n) is 7.53. The van der Waals surface area contributed by atoms with Crippen LogP contribution in [0.25, 0.3) is 5.57 Å². The van der Waals surface area contributed by atoms with Crippen molar-refractivity contribution in [1.29, 1.82) is 0 Å². The summed E-state index contributed by atoms with van der Waals surface area (Å²) in [6, 6.07) is 0.102. The van der Waals surface area contributed by atoms with E-state index < -0.39 is 0 Å². The molecule has 1 aromatic rings. The molecule has 5 heteroatoms. The highest BCUT2D eigenvalue weighted by atomic mass is 16.5. The number of aromatic nitrogens is 2. The summed E-state index contributed by atoms with van der Waals surface area (Å²) in [7, 11) is 5.84. The Hall–Kier alpha value is -1.33. The first-order chi connectivity index (χ1) is 9.82. The van der Waals surface area contributed by atoms with Crippen molar-refractivity contribution in [2.75, 3.05) is 27.7 Å². The molecule has 0 bridgehead atoms. The van der Waals surface area contributed by atoms with Gasteiger partial charge in [-0.15, -0.1) is 0 Å². The predicted octanol–water partition coefficient (Wildman–Crippen LogP) is 1.98. The van der Waals surface area contributed by atoms with E-state index in [1.54, 1.807) is 13.3 Å². The Balaban J connectivity index is 2.34. The summed E-state index contributed by atoms with van der Waals surface area (Å²) < 4.78 is 7.55. The Morgan fingerprint density at radius 1 is 1.48 bits per heavy atom. The van der Waals surface area contributed by atoms with Gasteiger partial charge >= 0.3 is 0 Å². The first kappa shape index (κ1) is 16.0. The fourth-order valence-electron chi connectivity index (χ4n) is 3.07. The van der Waals surface area contributed by atoms with Gasteiger partial charge in [0.05, 0.1) is 19.9 Å². The Morgan fingerprint density at radius 2 is 2.19 bits per heavy atom. The molecule has 21 heavy (non-hydrogen) atoms. The molecule has 0 saturated heterocycles. The smallest absolute Gasteiger partial charge is 0.164 e. The van der Waals surface area contributed by atoms with E-state index in [-0.39, 0.29) is 11.5 Å². The average Bonchev–Trinajstić information content (AvgIpc) is 2.76. The maximum Gasteiger partial charge on any atom is 0.164 e. The van der Waals surface area contributed by atoms with E-state index in [4.69, 9.17) is 10.5 Å². The standard InChI is InChI=1S/C16H28N4O/c1-16(2)9-12(8-13(17)10-16)15-14(21-5)11-18-20(15)7-6-19(3)4/h8,11,13H,6-7,9-10,17H2,1-5H3. The fraction of sp³-hybridized carbons (Fsp3) is 0.688. The molecule has 0 spiro atoms. The quantitative estimate of drug-likeness (QED) is 0.901. The Labute approximate surface area is 127 Å². The highest BCUT2D eigenvalue weighted by molar-refractivity contribution is 5.69. The number of allylic oxidation sites excluding steroid dienone is 1. The van der Waals surface area contributed by atoms with Crippen LogP contribution in [0, 0.1) is 5.41 Å². The van der Waals surface area contributed by atoms with Gasteiger partial charge in [-0.05, 0) is 37.9 Å². The lowest BCUT2D eigenvalue weighted by atomic mass is 9.75. The molecule has 1 unspecified atom stereocenters. The highest BCUT2D eigenvalue weighted by Crippen LogP contribution is 2.41. The molecule has 2 N–H and O–H groups in total. The molecule has 1 heterocycles. The van der Waals surface area contributed by atoms with Crippen molar-refractivity contribution >= 4 is 5.57 Å². The van der Waals surface area contributed by atoms with E-state index in [1.165, 1.54) is 5.57 Å². The van der Waals surface area contributed by atoms with E-state index in [0.717, 1.165) is 37.4 Å². The van der Waals surface area contributed by atoms with Gasteiger partial charge in [0.2, 0.25) is 0 Å². The van der Waals surface area contributed by atoms with Crippen LogP contribution in [0.5, 0.6) is 5.75 Å². The molecule has 0 fully saturated rings. The van der Waals surface area contributed by atoms with Crippen molar-refractivity contribution in [3.8, 4) is 5.75 Å². The zero-order chi connectivity index (χ0) is 15.6. The summed E-state index contributed by atoms with van der Waals surface area (Å²) in [5, 5.41) is 4.49. The van der Waals surface area contributed by atoms with Gasteiger partial charge in [-0.3, -0.25) is 4.68 Å². The molecular weight excluding hydrogens is 264 g/mol. The number of methoxy groups -OCH3 is 1. The highest BCUT2D eigenvalue weighted by Gasteiger charge is 2.30. The van der Waals surface area contributed by atoms with Gasteiger partial charge < -0.3 is 15.4 Å². The summed E-state index contributed by atoms with van der Waals surface area (Å²) in [6.45, 7) is 6.33. The van der Waals surface area contributed by atoms with E-state index in [1.807, 2.05) is 4.68 Å². The van der Waals surface area contributed by atoms with Crippen LogP contribution in [0.1, 0.15) is 32.4 Å². The number of ether oxygens (including phenoxy) is 1. The number of nitrogens with zero attached hydrogens (tertiary/aromatic N) is 3. The maximum absolute atomic E-state index is 6.22. The molecule has 1 aliphatic carbocycles. The van der Waals surface area contributed by atoms with Crippen molar-refractivity contribution in [1.82, 2.24) is 14.7 Å². The maximum atomic E-state index is 6.22. The first-order valence-corrected chi connectivity index (χ1v) is 7.53. The zero-order valence-corrected chi connectivity index (χ0v) is 13.9. The summed E-state index contributed by atoms with van der Waals surface area (Å²) in [4.78, 5) is 2.16. The lowest BCUT2D eigenvalue weighted by Crippen LogP contribution is -2.31. The second-order valence-corrected chi connectivity index (χ2v) is 6.99. The number of likely N-dealkylation sites (N-methyl/N-ethyl adjacent to an activating group) is 1. The minimum absolute atomic E-state index is 0.102. The molecule has 1 aromatic heterocycles. The van der Waals surface area contributed by atoms with E-state index in [2.05, 4.69) is 44.0 Å². The third-order valence-electron chi connectivity index (χ3n) is 3.96. The molecule has 0 saturated carbocycles. The number of nitrogens with two attached hydrogens (primary N) is 1. The third kappa shape index (κ3) is 3.86. The lowest BCUT2D eigenvalue weighted by Gasteiger charge is -2.33. The van der Waals surface area contributed by atoms with Gasteiger partial charge in [-0.1, -0.05) is 19.9 Å². The van der Waals surface area contributed by atoms with Gasteiger partial charge in [0, 0.05) is 12.6 Å². The molecule has 2 rings (SSSR count). The zero-order valence-electron chi connectivity index (χ0n) is 13.9. The Kier molecular flexibility index (Phi) is 4.74. The van der Waals surface area contributed by atoms with Crippen LogP contribution in [0.2, 0.25) is 0 Å². The van der Waals surface area contributed by atoms with E-state index in [9.17, 15) is 0 Å². The summed E-state index contributed by atoms with van der Waals surface area (Å²) >= 11 is 0. The molecule has 1 atom stereocenters. The third-order valence-corrected chi connectivity index (χ3v) is 3.96. The van der Waals surface area contributed by atoms with Gasteiger partial charge in [0.25, 0.3) is 0 Å². The topological polar surface area (TPSA) is 56.3 Å². The lowest BCUT2D eigenvalue weighted by molar-refractivity contribution is 0.316. The van der Waals surface area contributed by atoms with Crippen LogP contribution in [0.3, 0.4) is 0 Å².